The van der Waals surface area contributed by atoms with Crippen LogP contribution in [0.3, 0.4) is 0 Å². The SMILES string of the molecule is COC(=O)C1c2ccc(SC)cc2CN1C(C)=O. The highest BCUT2D eigenvalue weighted by atomic mass is 32.2. The number of thioether (sulfide) groups is 1. The summed E-state index contributed by atoms with van der Waals surface area (Å²) in [6.45, 7) is 1.94. The first kappa shape index (κ1) is 13.0. The number of carbonyl (C=O) groups excluding carboxylic acids is 2. The Balaban J connectivity index is 2.44. The second-order valence-electron chi connectivity index (χ2n) is 4.14. The Morgan fingerprint density at radius 3 is 2.72 bits per heavy atom. The van der Waals surface area contributed by atoms with E-state index in [1.807, 2.05) is 24.5 Å². The van der Waals surface area contributed by atoms with Gasteiger partial charge in [0.25, 0.3) is 0 Å². The van der Waals surface area contributed by atoms with Crippen LogP contribution in [0.1, 0.15) is 24.1 Å². The zero-order valence-corrected chi connectivity index (χ0v) is 11.4. The number of nitrogens with zero attached hydrogens (tertiary/aromatic N) is 1. The molecule has 1 aromatic carbocycles. The van der Waals surface area contributed by atoms with Crippen molar-refractivity contribution in [1.29, 1.82) is 0 Å². The average Bonchev–Trinajstić information content (AvgIpc) is 2.76. The molecular weight excluding hydrogens is 250 g/mol. The molecule has 2 rings (SSSR count). The van der Waals surface area contributed by atoms with Gasteiger partial charge in [0.05, 0.1) is 7.11 Å². The molecule has 0 bridgehead atoms. The van der Waals surface area contributed by atoms with Gasteiger partial charge in [0.1, 0.15) is 0 Å². The van der Waals surface area contributed by atoms with Crippen LogP contribution in [-0.2, 0) is 20.9 Å². The molecule has 0 saturated heterocycles. The van der Waals surface area contributed by atoms with Crippen LogP contribution in [0.25, 0.3) is 0 Å². The molecule has 0 N–H and O–H groups in total. The van der Waals surface area contributed by atoms with Crippen LogP contribution in [0.4, 0.5) is 0 Å². The maximum Gasteiger partial charge on any atom is 0.333 e. The van der Waals surface area contributed by atoms with E-state index in [9.17, 15) is 9.59 Å². The third-order valence-corrected chi connectivity index (χ3v) is 3.85. The molecule has 0 aromatic heterocycles. The van der Waals surface area contributed by atoms with Crippen molar-refractivity contribution in [2.45, 2.75) is 24.4 Å². The summed E-state index contributed by atoms with van der Waals surface area (Å²) >= 11 is 1.64. The van der Waals surface area contributed by atoms with Crippen molar-refractivity contribution in [3.05, 3.63) is 29.3 Å². The first-order chi connectivity index (χ1) is 8.58. The summed E-state index contributed by atoms with van der Waals surface area (Å²) in [6.07, 6.45) is 2.00. The zero-order chi connectivity index (χ0) is 13.3. The van der Waals surface area contributed by atoms with Gasteiger partial charge in [0.15, 0.2) is 6.04 Å². The van der Waals surface area contributed by atoms with Crippen molar-refractivity contribution < 1.29 is 14.3 Å². The molecule has 0 fully saturated rings. The Morgan fingerprint density at radius 2 is 2.17 bits per heavy atom. The van der Waals surface area contributed by atoms with Gasteiger partial charge in [-0.05, 0) is 29.5 Å². The second kappa shape index (κ2) is 5.02. The van der Waals surface area contributed by atoms with Crippen LogP contribution < -0.4 is 0 Å². The molecule has 1 unspecified atom stereocenters. The molecule has 1 aromatic rings. The molecule has 4 nitrogen and oxygen atoms in total. The normalized spacial score (nSPS) is 17.5. The monoisotopic (exact) mass is 265 g/mol. The summed E-state index contributed by atoms with van der Waals surface area (Å²) < 4.78 is 4.79. The molecule has 0 spiro atoms. The molecule has 18 heavy (non-hydrogen) atoms. The Bertz CT molecular complexity index is 501. The summed E-state index contributed by atoms with van der Waals surface area (Å²) in [4.78, 5) is 26.1. The quantitative estimate of drug-likeness (QED) is 0.606. The minimum atomic E-state index is -0.599. The highest BCUT2D eigenvalue weighted by Crippen LogP contribution is 2.36. The molecule has 5 heteroatoms. The number of hydrogen-bond donors (Lipinski definition) is 0. The number of benzene rings is 1. The van der Waals surface area contributed by atoms with Crippen LogP contribution in [0.15, 0.2) is 23.1 Å². The summed E-state index contributed by atoms with van der Waals surface area (Å²) in [5.41, 5.74) is 1.89. The number of fused-ring (bicyclic) bond motifs is 1. The lowest BCUT2D eigenvalue weighted by atomic mass is 10.1. The van der Waals surface area contributed by atoms with Crippen molar-refractivity contribution in [3.8, 4) is 0 Å². The molecule has 1 aliphatic heterocycles. The third-order valence-electron chi connectivity index (χ3n) is 3.13. The van der Waals surface area contributed by atoms with Crippen LogP contribution in [0, 0.1) is 0 Å². The van der Waals surface area contributed by atoms with Gasteiger partial charge in [-0.1, -0.05) is 6.07 Å². The number of esters is 1. The molecule has 1 amide bonds. The van der Waals surface area contributed by atoms with Crippen LogP contribution in [0.2, 0.25) is 0 Å². The van der Waals surface area contributed by atoms with Crippen molar-refractivity contribution in [2.75, 3.05) is 13.4 Å². The fourth-order valence-electron chi connectivity index (χ4n) is 2.21. The van der Waals surface area contributed by atoms with Crippen LogP contribution in [0.5, 0.6) is 0 Å². The molecule has 0 aliphatic carbocycles. The fraction of sp³-hybridized carbons (Fsp3) is 0.385. The fourth-order valence-corrected chi connectivity index (χ4v) is 2.68. The second-order valence-corrected chi connectivity index (χ2v) is 5.02. The minimum Gasteiger partial charge on any atom is -0.467 e. The molecule has 1 aliphatic rings. The summed E-state index contributed by atoms with van der Waals surface area (Å²) in [5.74, 6) is -0.506. The van der Waals surface area contributed by atoms with Gasteiger partial charge in [-0.15, -0.1) is 11.8 Å². The number of methoxy groups -OCH3 is 1. The maximum atomic E-state index is 11.8. The largest absolute Gasteiger partial charge is 0.467 e. The van der Waals surface area contributed by atoms with E-state index < -0.39 is 6.04 Å². The van der Waals surface area contributed by atoms with E-state index >= 15 is 0 Å². The predicted octanol–water partition coefficient (Wildman–Crippen LogP) is 1.98. The van der Waals surface area contributed by atoms with E-state index in [0.29, 0.717) is 6.54 Å². The van der Waals surface area contributed by atoms with Gasteiger partial charge < -0.3 is 9.64 Å². The van der Waals surface area contributed by atoms with Gasteiger partial charge in [-0.2, -0.15) is 0 Å². The lowest BCUT2D eigenvalue weighted by molar-refractivity contribution is -0.152. The standard InChI is InChI=1S/C13H15NO3S/c1-8(15)14-7-9-6-10(18-3)4-5-11(9)12(14)13(16)17-2/h4-6,12H,7H2,1-3H3. The number of ether oxygens (including phenoxy) is 1. The van der Waals surface area contributed by atoms with Gasteiger partial charge >= 0.3 is 5.97 Å². The van der Waals surface area contributed by atoms with Crippen LogP contribution in [-0.4, -0.2) is 30.1 Å². The Hall–Kier alpha value is -1.49. The van der Waals surface area contributed by atoms with Crippen molar-refractivity contribution in [3.63, 3.8) is 0 Å². The van der Waals surface area contributed by atoms with Gasteiger partial charge in [-0.25, -0.2) is 4.79 Å². The molecule has 0 saturated carbocycles. The smallest absolute Gasteiger partial charge is 0.333 e. The van der Waals surface area contributed by atoms with Gasteiger partial charge in [0.2, 0.25) is 5.91 Å². The molecule has 96 valence electrons. The topological polar surface area (TPSA) is 46.6 Å². The number of amides is 1. The Kier molecular flexibility index (Phi) is 3.61. The summed E-state index contributed by atoms with van der Waals surface area (Å²) in [7, 11) is 1.34. The van der Waals surface area contributed by atoms with E-state index in [1.165, 1.54) is 14.0 Å². The molecule has 1 heterocycles. The van der Waals surface area contributed by atoms with E-state index in [2.05, 4.69) is 0 Å². The molecule has 1 atom stereocenters. The van der Waals surface area contributed by atoms with E-state index in [0.717, 1.165) is 16.0 Å². The lowest BCUT2D eigenvalue weighted by Gasteiger charge is -2.21. The average molecular weight is 265 g/mol. The summed E-state index contributed by atoms with van der Waals surface area (Å²) in [6, 6.07) is 5.30. The first-order valence-electron chi connectivity index (χ1n) is 5.60. The number of hydrogen-bond acceptors (Lipinski definition) is 4. The first-order valence-corrected chi connectivity index (χ1v) is 6.82. The van der Waals surface area contributed by atoms with E-state index in [1.54, 1.807) is 16.7 Å². The molecular formula is C13H15NO3S. The van der Waals surface area contributed by atoms with Gasteiger partial charge in [-0.3, -0.25) is 4.79 Å². The Labute approximate surface area is 110 Å². The minimum absolute atomic E-state index is 0.118. The van der Waals surface area contributed by atoms with Crippen molar-refractivity contribution in [2.24, 2.45) is 0 Å². The van der Waals surface area contributed by atoms with Gasteiger partial charge in [0, 0.05) is 18.4 Å². The number of rotatable bonds is 2. The summed E-state index contributed by atoms with van der Waals surface area (Å²) in [5, 5.41) is 0. The maximum absolute atomic E-state index is 11.8. The highest BCUT2D eigenvalue weighted by Gasteiger charge is 2.37. The predicted molar refractivity (Wildman–Crippen MR) is 69.2 cm³/mol. The Morgan fingerprint density at radius 1 is 1.44 bits per heavy atom. The number of carbonyl (C=O) groups is 2. The lowest BCUT2D eigenvalue weighted by Crippen LogP contribution is -2.32. The van der Waals surface area contributed by atoms with Crippen molar-refractivity contribution >= 4 is 23.6 Å². The molecule has 0 radical (unpaired) electrons. The zero-order valence-electron chi connectivity index (χ0n) is 10.6. The van der Waals surface area contributed by atoms with E-state index in [-0.39, 0.29) is 11.9 Å². The van der Waals surface area contributed by atoms with Crippen LogP contribution >= 0.6 is 11.8 Å². The highest BCUT2D eigenvalue weighted by molar-refractivity contribution is 7.98. The van der Waals surface area contributed by atoms with E-state index in [4.69, 9.17) is 4.74 Å². The third kappa shape index (κ3) is 2.10. The van der Waals surface area contributed by atoms with Crippen molar-refractivity contribution in [1.82, 2.24) is 4.90 Å².